The molecule has 0 heterocycles. The fourth-order valence-electron chi connectivity index (χ4n) is 4.15. The molecule has 3 rings (SSSR count). The Bertz CT molecular complexity index is 1610. The predicted molar refractivity (Wildman–Crippen MR) is 175 cm³/mol. The number of hydrogen-bond acceptors (Lipinski definition) is 11. The average Bonchev–Trinajstić information content (AvgIpc) is 3.04. The van der Waals surface area contributed by atoms with Crippen molar-refractivity contribution in [2.45, 2.75) is 49.2 Å². The number of aryl methyl sites for hydroxylation is 2. The maximum atomic E-state index is 13.0. The average molecular weight is 698 g/mol. The van der Waals surface area contributed by atoms with Crippen LogP contribution in [-0.2, 0) is 14.8 Å². The Morgan fingerprint density at radius 1 is 0.830 bits per heavy atom. The minimum atomic E-state index is -3.85. The molecule has 0 spiro atoms. The summed E-state index contributed by atoms with van der Waals surface area (Å²) in [6.45, 7) is 2.11. The SMILES string of the molecule is CNC[C@H](O)[C@@H](O)[C@H](O)[C@H](O)CO.Cc1cc(S(=O)(=O)Nc2cccc(-c3ccc(C(=O)NC(CO)C(=O)O)cc3)c2)c(C)cc1Cl. The highest BCUT2D eigenvalue weighted by Gasteiger charge is 2.29. The summed E-state index contributed by atoms with van der Waals surface area (Å²) < 4.78 is 28.5. The van der Waals surface area contributed by atoms with Gasteiger partial charge in [0, 0.05) is 22.8 Å². The molecule has 5 atom stereocenters. The van der Waals surface area contributed by atoms with Crippen LogP contribution in [0.5, 0.6) is 0 Å². The van der Waals surface area contributed by atoms with Crippen LogP contribution in [-0.4, -0.2) is 113 Å². The van der Waals surface area contributed by atoms with Gasteiger partial charge in [0.2, 0.25) is 0 Å². The smallest absolute Gasteiger partial charge is 0.328 e. The maximum absolute atomic E-state index is 13.0. The summed E-state index contributed by atoms with van der Waals surface area (Å²) in [7, 11) is -2.28. The van der Waals surface area contributed by atoms with Gasteiger partial charge in [-0.05, 0) is 79.5 Å². The molecule has 0 radical (unpaired) electrons. The number of aliphatic carboxylic acids is 1. The molecule has 3 aromatic rings. The van der Waals surface area contributed by atoms with Gasteiger partial charge < -0.3 is 46.4 Å². The van der Waals surface area contributed by atoms with Gasteiger partial charge in [0.25, 0.3) is 15.9 Å². The van der Waals surface area contributed by atoms with Crippen molar-refractivity contribution in [3.05, 3.63) is 82.4 Å². The van der Waals surface area contributed by atoms with Gasteiger partial charge in [-0.3, -0.25) is 9.52 Å². The molecule has 47 heavy (non-hydrogen) atoms. The third-order valence-corrected chi connectivity index (χ3v) is 8.80. The molecular formula is C31H40ClN3O11S. The van der Waals surface area contributed by atoms with E-state index < -0.39 is 65.6 Å². The van der Waals surface area contributed by atoms with E-state index in [1.165, 1.54) is 18.2 Å². The Balaban J connectivity index is 0.000000500. The van der Waals surface area contributed by atoms with E-state index in [1.807, 2.05) is 0 Å². The zero-order valence-electron chi connectivity index (χ0n) is 25.8. The molecule has 0 aliphatic carbocycles. The second kappa shape index (κ2) is 18.1. The minimum absolute atomic E-state index is 0.0936. The molecule has 10 N–H and O–H groups in total. The first-order valence-electron chi connectivity index (χ1n) is 14.2. The number of halogens is 1. The normalized spacial score (nSPS) is 14.5. The van der Waals surface area contributed by atoms with Crippen molar-refractivity contribution in [2.75, 3.05) is 31.5 Å². The van der Waals surface area contributed by atoms with Gasteiger partial charge in [-0.25, -0.2) is 13.2 Å². The summed E-state index contributed by atoms with van der Waals surface area (Å²) >= 11 is 6.08. The van der Waals surface area contributed by atoms with Crippen LogP contribution in [0.25, 0.3) is 11.1 Å². The first-order chi connectivity index (χ1) is 22.1. The third-order valence-electron chi connectivity index (χ3n) is 6.87. The van der Waals surface area contributed by atoms with Gasteiger partial charge >= 0.3 is 5.97 Å². The van der Waals surface area contributed by atoms with Crippen LogP contribution < -0.4 is 15.4 Å². The summed E-state index contributed by atoms with van der Waals surface area (Å²) in [6, 6.07) is 14.9. The van der Waals surface area contributed by atoms with Gasteiger partial charge in [0.05, 0.1) is 24.2 Å². The second-order valence-electron chi connectivity index (χ2n) is 10.5. The molecule has 16 heteroatoms. The molecule has 0 saturated heterocycles. The van der Waals surface area contributed by atoms with E-state index in [-0.39, 0.29) is 17.0 Å². The van der Waals surface area contributed by atoms with Crippen molar-refractivity contribution < 1.29 is 53.8 Å². The molecule has 14 nitrogen and oxygen atoms in total. The molecule has 3 aromatic carbocycles. The fraction of sp³-hybridized carbons (Fsp3) is 0.355. The van der Waals surface area contributed by atoms with E-state index in [1.54, 1.807) is 63.4 Å². The lowest BCUT2D eigenvalue weighted by molar-refractivity contribution is -0.140. The van der Waals surface area contributed by atoms with Crippen molar-refractivity contribution in [1.82, 2.24) is 10.6 Å². The number of benzene rings is 3. The summed E-state index contributed by atoms with van der Waals surface area (Å²) in [5.74, 6) is -1.97. The molecule has 0 saturated carbocycles. The zero-order chi connectivity index (χ0) is 35.5. The highest BCUT2D eigenvalue weighted by Crippen LogP contribution is 2.28. The van der Waals surface area contributed by atoms with E-state index in [0.717, 1.165) is 0 Å². The van der Waals surface area contributed by atoms with Crippen LogP contribution >= 0.6 is 11.6 Å². The van der Waals surface area contributed by atoms with Crippen molar-refractivity contribution in [1.29, 1.82) is 0 Å². The zero-order valence-corrected chi connectivity index (χ0v) is 27.4. The number of sulfonamides is 1. The molecule has 0 aliphatic heterocycles. The molecule has 0 bridgehead atoms. The second-order valence-corrected chi connectivity index (χ2v) is 12.6. The van der Waals surface area contributed by atoms with Crippen LogP contribution in [0.3, 0.4) is 0 Å². The third kappa shape index (κ3) is 11.2. The number of carboxylic acids is 1. The molecule has 1 unspecified atom stereocenters. The number of likely N-dealkylation sites (N-methyl/N-ethyl adjacent to an activating group) is 1. The van der Waals surface area contributed by atoms with E-state index in [4.69, 9.17) is 42.2 Å². The first-order valence-corrected chi connectivity index (χ1v) is 16.0. The lowest BCUT2D eigenvalue weighted by atomic mass is 10.0. The number of carboxylic acid groups (broad SMARTS) is 1. The topological polar surface area (TPSA) is 246 Å². The minimum Gasteiger partial charge on any atom is -0.480 e. The van der Waals surface area contributed by atoms with Crippen LogP contribution in [0.1, 0.15) is 21.5 Å². The van der Waals surface area contributed by atoms with Crippen molar-refractivity contribution in [3.8, 4) is 11.1 Å². The monoisotopic (exact) mass is 697 g/mol. The van der Waals surface area contributed by atoms with Crippen molar-refractivity contribution in [2.24, 2.45) is 0 Å². The number of amides is 1. The molecule has 1 amide bonds. The Kier molecular flexibility index (Phi) is 15.2. The highest BCUT2D eigenvalue weighted by atomic mass is 35.5. The number of aliphatic hydroxyl groups is 6. The van der Waals surface area contributed by atoms with Crippen molar-refractivity contribution in [3.63, 3.8) is 0 Å². The quantitative estimate of drug-likeness (QED) is 0.109. The van der Waals surface area contributed by atoms with Crippen LogP contribution in [0, 0.1) is 13.8 Å². The molecule has 258 valence electrons. The summed E-state index contributed by atoms with van der Waals surface area (Å²) in [4.78, 5) is 23.3. The Morgan fingerprint density at radius 3 is 2.00 bits per heavy atom. The summed E-state index contributed by atoms with van der Waals surface area (Å²) in [6.07, 6.45) is -5.65. The van der Waals surface area contributed by atoms with Crippen LogP contribution in [0.15, 0.2) is 65.6 Å². The number of anilines is 1. The standard InChI is InChI=1S/C24H23ClN2O6S.C7H17NO5/c1-14-11-22(15(2)10-20(14)25)34(32,33)27-19-5-3-4-18(12-19)16-6-8-17(9-7-16)23(29)26-21(13-28)24(30)31;1-8-2-4(10)6(12)7(13)5(11)3-9/h3-12,21,27-28H,13H2,1-2H3,(H,26,29)(H,30,31);4-13H,2-3H2,1H3/t;4-,5+,6+,7+/m.0/s1. The molecule has 0 aromatic heterocycles. The van der Waals surface area contributed by atoms with Gasteiger partial charge in [-0.1, -0.05) is 35.9 Å². The van der Waals surface area contributed by atoms with Gasteiger partial charge in [0.15, 0.2) is 6.04 Å². The van der Waals surface area contributed by atoms with Crippen molar-refractivity contribution >= 4 is 39.2 Å². The predicted octanol–water partition coefficient (Wildman–Crippen LogP) is 0.242. The Hall–Kier alpha value is -3.64. The number of carbonyl (C=O) groups excluding carboxylic acids is 1. The van der Waals surface area contributed by atoms with E-state index >= 15 is 0 Å². The van der Waals surface area contributed by atoms with Gasteiger partial charge in [-0.2, -0.15) is 0 Å². The number of hydrogen-bond donors (Lipinski definition) is 10. The van der Waals surface area contributed by atoms with Crippen LogP contribution in [0.2, 0.25) is 5.02 Å². The summed E-state index contributed by atoms with van der Waals surface area (Å²) in [5, 5.41) is 68.2. The lowest BCUT2D eigenvalue weighted by Crippen LogP contribution is -2.48. The van der Waals surface area contributed by atoms with Gasteiger partial charge in [-0.15, -0.1) is 0 Å². The van der Waals surface area contributed by atoms with E-state index in [2.05, 4.69) is 15.4 Å². The number of carbonyl (C=O) groups is 2. The maximum Gasteiger partial charge on any atom is 0.328 e. The Morgan fingerprint density at radius 2 is 1.45 bits per heavy atom. The first kappa shape index (κ1) is 39.5. The lowest BCUT2D eigenvalue weighted by Gasteiger charge is -2.25. The van der Waals surface area contributed by atoms with E-state index in [9.17, 15) is 23.1 Å². The highest BCUT2D eigenvalue weighted by molar-refractivity contribution is 7.92. The number of nitrogens with one attached hydrogen (secondary N) is 3. The molecule has 0 fully saturated rings. The Labute approximate surface area is 277 Å². The molecule has 0 aliphatic rings. The largest absolute Gasteiger partial charge is 0.480 e. The number of rotatable bonds is 14. The number of aliphatic hydroxyl groups excluding tert-OH is 6. The van der Waals surface area contributed by atoms with Crippen LogP contribution in [0.4, 0.5) is 5.69 Å². The van der Waals surface area contributed by atoms with Gasteiger partial charge in [0.1, 0.15) is 18.3 Å². The fourth-order valence-corrected chi connectivity index (χ4v) is 5.73. The molecular weight excluding hydrogens is 658 g/mol. The van der Waals surface area contributed by atoms with E-state index in [0.29, 0.717) is 33.0 Å². The summed E-state index contributed by atoms with van der Waals surface area (Å²) in [5.41, 5.74) is 3.18.